The van der Waals surface area contributed by atoms with Crippen LogP contribution >= 0.6 is 0 Å². The third kappa shape index (κ3) is 6.10. The fourth-order valence-electron chi connectivity index (χ4n) is 7.37. The lowest BCUT2D eigenvalue weighted by molar-refractivity contribution is -0.193. The highest BCUT2D eigenvalue weighted by Crippen LogP contribution is 2.59. The van der Waals surface area contributed by atoms with Crippen molar-refractivity contribution < 1.29 is 56.7 Å². The Hall–Kier alpha value is -3.03. The van der Waals surface area contributed by atoms with Crippen molar-refractivity contribution in [1.82, 2.24) is 4.90 Å². The Kier molecular flexibility index (Phi) is 8.62. The summed E-state index contributed by atoms with van der Waals surface area (Å²) in [6.45, 7) is 4.82. The Morgan fingerprint density at radius 1 is 1.11 bits per heavy atom. The number of esters is 2. The smallest absolute Gasteiger partial charge is 0.422 e. The molecule has 1 fully saturated rings. The highest BCUT2D eigenvalue weighted by Gasteiger charge is 2.62. The van der Waals surface area contributed by atoms with Crippen molar-refractivity contribution in [3.8, 4) is 11.5 Å². The van der Waals surface area contributed by atoms with Gasteiger partial charge in [0.05, 0.1) is 30.6 Å². The van der Waals surface area contributed by atoms with Gasteiger partial charge < -0.3 is 33.9 Å². The second-order valence-corrected chi connectivity index (χ2v) is 12.8. The molecule has 13 heteroatoms. The van der Waals surface area contributed by atoms with Crippen LogP contribution in [0, 0.1) is 0 Å². The predicted molar refractivity (Wildman–Crippen MR) is 149 cm³/mol. The predicted octanol–water partition coefficient (Wildman–Crippen LogP) is 3.90. The molecule has 2 N–H and O–H groups in total. The summed E-state index contributed by atoms with van der Waals surface area (Å²) in [5, 5.41) is 21.8. The molecular formula is C31H40F3NO9. The van der Waals surface area contributed by atoms with Crippen molar-refractivity contribution in [3.63, 3.8) is 0 Å². The maximum absolute atomic E-state index is 13.9. The molecule has 1 aromatic rings. The Balaban J connectivity index is 1.50. The van der Waals surface area contributed by atoms with Gasteiger partial charge in [-0.05, 0) is 94.7 Å². The van der Waals surface area contributed by atoms with Crippen molar-refractivity contribution in [2.24, 2.45) is 0 Å². The van der Waals surface area contributed by atoms with E-state index in [4.69, 9.17) is 18.9 Å². The average molecular weight is 628 g/mol. The number of carbonyl (C=O) groups is 2. The number of fused-ring (bicyclic) bond motifs is 3. The molecule has 3 aliphatic heterocycles. The van der Waals surface area contributed by atoms with Gasteiger partial charge >= 0.3 is 18.1 Å². The third-order valence-electron chi connectivity index (χ3n) is 9.31. The van der Waals surface area contributed by atoms with Gasteiger partial charge in [-0.1, -0.05) is 0 Å². The molecular weight excluding hydrogens is 587 g/mol. The lowest BCUT2D eigenvalue weighted by Gasteiger charge is -2.41. The molecule has 1 aliphatic carbocycles. The number of benzene rings is 1. The molecule has 0 saturated carbocycles. The van der Waals surface area contributed by atoms with E-state index in [1.54, 1.807) is 13.8 Å². The number of aliphatic hydroxyl groups is 2. The summed E-state index contributed by atoms with van der Waals surface area (Å²) in [6, 6.07) is 3.85. The Bertz CT molecular complexity index is 1320. The van der Waals surface area contributed by atoms with E-state index < -0.39 is 59.9 Å². The van der Waals surface area contributed by atoms with E-state index in [-0.39, 0.29) is 26.1 Å². The lowest BCUT2D eigenvalue weighted by atomic mass is 9.75. The number of hydrogen-bond donors (Lipinski definition) is 2. The maximum Gasteiger partial charge on any atom is 0.422 e. The Morgan fingerprint density at radius 2 is 1.82 bits per heavy atom. The first-order chi connectivity index (χ1) is 20.6. The minimum atomic E-state index is -4.78. The maximum atomic E-state index is 13.9. The summed E-state index contributed by atoms with van der Waals surface area (Å²) in [7, 11) is 1.48. The van der Waals surface area contributed by atoms with Crippen LogP contribution in [-0.2, 0) is 30.2 Å². The number of carbonyl (C=O) groups excluding carboxylic acids is 2. The van der Waals surface area contributed by atoms with Gasteiger partial charge in [-0.3, -0.25) is 9.69 Å². The third-order valence-corrected chi connectivity index (χ3v) is 9.31. The van der Waals surface area contributed by atoms with E-state index in [0.29, 0.717) is 23.7 Å². The SMILES string of the molecule is COC1=C(C)[C@@]23CCCN2CCc2cc4c(cc2C3C1OC(=O)C(O)(CCCC(C)(C)O)CC(=O)OCC(F)(F)F)OCO4. The van der Waals surface area contributed by atoms with Crippen LogP contribution in [0.4, 0.5) is 13.2 Å². The van der Waals surface area contributed by atoms with Gasteiger partial charge in [0.25, 0.3) is 0 Å². The molecule has 3 heterocycles. The molecule has 1 aromatic carbocycles. The minimum Gasteiger partial charge on any atom is -0.497 e. The second kappa shape index (κ2) is 11.7. The summed E-state index contributed by atoms with van der Waals surface area (Å²) in [6.07, 6.45) is -4.61. The summed E-state index contributed by atoms with van der Waals surface area (Å²) >= 11 is 0. The van der Waals surface area contributed by atoms with E-state index >= 15 is 0 Å². The second-order valence-electron chi connectivity index (χ2n) is 12.8. The number of halogens is 3. The summed E-state index contributed by atoms with van der Waals surface area (Å²) < 4.78 is 65.8. The number of methoxy groups -OCH3 is 1. The van der Waals surface area contributed by atoms with Crippen molar-refractivity contribution in [1.29, 1.82) is 0 Å². The fraction of sp³-hybridized carbons (Fsp3) is 0.677. The number of rotatable bonds is 10. The fourth-order valence-corrected chi connectivity index (χ4v) is 7.37. The molecule has 10 nitrogen and oxygen atoms in total. The van der Waals surface area contributed by atoms with Gasteiger partial charge in [0.2, 0.25) is 6.79 Å². The van der Waals surface area contributed by atoms with E-state index in [1.165, 1.54) is 7.11 Å². The molecule has 3 unspecified atom stereocenters. The summed E-state index contributed by atoms with van der Waals surface area (Å²) in [5.74, 6) is -1.44. The molecule has 244 valence electrons. The largest absolute Gasteiger partial charge is 0.497 e. The molecule has 0 radical (unpaired) electrons. The van der Waals surface area contributed by atoms with Crippen LogP contribution in [-0.4, -0.2) is 89.7 Å². The first kappa shape index (κ1) is 32.4. The lowest BCUT2D eigenvalue weighted by Crippen LogP contribution is -2.50. The average Bonchev–Trinajstić information content (AvgIpc) is 3.59. The number of ether oxygens (including phenoxy) is 5. The standard InChI is InChI=1S/C31H40F3NO9/c1-18-25(40-4)26(44-27(37)29(39,9-5-8-28(2,3)38)15-23(36)41-16-31(32,33)34)24-20-14-22-21(42-17-43-22)13-19(20)7-12-35-11-6-10-30(18,24)35/h13-14,24,26,38-39H,5-12,15-17H2,1-4H3/t24?,26?,29?,30-/m1/s1. The van der Waals surface area contributed by atoms with Crippen LogP contribution in [0.25, 0.3) is 0 Å². The molecule has 0 amide bonds. The van der Waals surface area contributed by atoms with Crippen molar-refractivity contribution >= 4 is 11.9 Å². The normalized spacial score (nSPS) is 25.9. The van der Waals surface area contributed by atoms with Crippen LogP contribution in [0.1, 0.15) is 76.3 Å². The van der Waals surface area contributed by atoms with Crippen LogP contribution in [0.2, 0.25) is 0 Å². The Labute approximate surface area is 254 Å². The van der Waals surface area contributed by atoms with Crippen molar-refractivity contribution in [2.45, 2.75) is 101 Å². The molecule has 44 heavy (non-hydrogen) atoms. The molecule has 4 atom stereocenters. The topological polar surface area (TPSA) is 124 Å². The summed E-state index contributed by atoms with van der Waals surface area (Å²) in [4.78, 5) is 28.8. The molecule has 1 saturated heterocycles. The monoisotopic (exact) mass is 627 g/mol. The van der Waals surface area contributed by atoms with Crippen molar-refractivity contribution in [2.75, 3.05) is 33.6 Å². The van der Waals surface area contributed by atoms with Gasteiger partial charge in [0.1, 0.15) is 5.76 Å². The highest BCUT2D eigenvalue weighted by molar-refractivity contribution is 5.86. The van der Waals surface area contributed by atoms with Gasteiger partial charge in [-0.25, -0.2) is 4.79 Å². The van der Waals surface area contributed by atoms with E-state index in [2.05, 4.69) is 9.64 Å². The van der Waals surface area contributed by atoms with Gasteiger partial charge in [-0.2, -0.15) is 13.2 Å². The zero-order valence-corrected chi connectivity index (χ0v) is 25.4. The van der Waals surface area contributed by atoms with Crippen LogP contribution in [0.3, 0.4) is 0 Å². The van der Waals surface area contributed by atoms with Gasteiger partial charge in [0.15, 0.2) is 29.8 Å². The van der Waals surface area contributed by atoms with Crippen LogP contribution < -0.4 is 9.47 Å². The van der Waals surface area contributed by atoms with Crippen molar-refractivity contribution in [3.05, 3.63) is 34.6 Å². The van der Waals surface area contributed by atoms with Crippen LogP contribution in [0.15, 0.2) is 23.5 Å². The first-order valence-electron chi connectivity index (χ1n) is 14.9. The number of hydrogen-bond acceptors (Lipinski definition) is 10. The zero-order chi connectivity index (χ0) is 32.1. The van der Waals surface area contributed by atoms with E-state index in [1.807, 2.05) is 19.1 Å². The van der Waals surface area contributed by atoms with E-state index in [0.717, 1.165) is 42.6 Å². The molecule has 1 spiro atoms. The minimum absolute atomic E-state index is 0.0752. The first-order valence-corrected chi connectivity index (χ1v) is 14.9. The van der Waals surface area contributed by atoms with E-state index in [9.17, 15) is 33.0 Å². The van der Waals surface area contributed by atoms with Gasteiger partial charge in [0, 0.05) is 6.54 Å². The molecule has 0 aromatic heterocycles. The van der Waals surface area contributed by atoms with Crippen LogP contribution in [0.5, 0.6) is 11.5 Å². The summed E-state index contributed by atoms with van der Waals surface area (Å²) in [5.41, 5.74) is -1.45. The Morgan fingerprint density at radius 3 is 2.48 bits per heavy atom. The molecule has 0 bridgehead atoms. The highest BCUT2D eigenvalue weighted by atomic mass is 19.4. The molecule has 5 rings (SSSR count). The molecule has 4 aliphatic rings. The zero-order valence-electron chi connectivity index (χ0n) is 25.4. The number of alkyl halides is 3. The quantitative estimate of drug-likeness (QED) is 0.369. The number of nitrogens with zero attached hydrogens (tertiary/aromatic N) is 1. The van der Waals surface area contributed by atoms with Gasteiger partial charge in [-0.15, -0.1) is 0 Å².